The van der Waals surface area contributed by atoms with Gasteiger partial charge in [-0.15, -0.1) is 11.3 Å². The van der Waals surface area contributed by atoms with Crippen LogP contribution in [0.15, 0.2) is 52.4 Å². The van der Waals surface area contributed by atoms with Crippen LogP contribution in [0.2, 0.25) is 0 Å². The number of para-hydroxylation sites is 1. The maximum absolute atomic E-state index is 6.41. The lowest BCUT2D eigenvalue weighted by atomic mass is 10.1. The summed E-state index contributed by atoms with van der Waals surface area (Å²) in [6.45, 7) is 2.07. The molecule has 2 N–H and O–H groups in total. The second-order valence-corrected chi connectivity index (χ2v) is 6.99. The molecule has 5 heteroatoms. The maximum atomic E-state index is 6.41. The molecule has 1 atom stereocenters. The molecule has 2 aromatic heterocycles. The van der Waals surface area contributed by atoms with Gasteiger partial charge in [-0.25, -0.2) is 4.68 Å². The van der Waals surface area contributed by atoms with E-state index in [9.17, 15) is 0 Å². The topological polar surface area (TPSA) is 43.8 Å². The molecule has 3 rings (SSSR count). The molecule has 0 saturated carbocycles. The van der Waals surface area contributed by atoms with Crippen molar-refractivity contribution in [3.8, 4) is 5.69 Å². The molecule has 0 aliphatic carbocycles. The summed E-state index contributed by atoms with van der Waals surface area (Å²) in [6.07, 6.45) is 1.79. The average molecular weight is 348 g/mol. The summed E-state index contributed by atoms with van der Waals surface area (Å²) in [5, 5.41) is 4.39. The van der Waals surface area contributed by atoms with Gasteiger partial charge in [-0.05, 0) is 52.7 Å². The highest BCUT2D eigenvalue weighted by Crippen LogP contribution is 2.33. The monoisotopic (exact) mass is 347 g/mol. The molecule has 3 aromatic rings. The molecule has 0 spiro atoms. The summed E-state index contributed by atoms with van der Waals surface area (Å²) < 4.78 is 3.03. The summed E-state index contributed by atoms with van der Waals surface area (Å²) in [5.41, 5.74) is 9.64. The number of rotatable bonds is 3. The van der Waals surface area contributed by atoms with E-state index in [0.29, 0.717) is 0 Å². The Hall–Kier alpha value is -1.43. The molecule has 2 heterocycles. The minimum atomic E-state index is -0.173. The van der Waals surface area contributed by atoms with Crippen molar-refractivity contribution in [3.05, 3.63) is 68.6 Å². The van der Waals surface area contributed by atoms with Crippen molar-refractivity contribution in [2.24, 2.45) is 5.73 Å². The van der Waals surface area contributed by atoms with Gasteiger partial charge in [0, 0.05) is 11.1 Å². The van der Waals surface area contributed by atoms with Gasteiger partial charge in [0.25, 0.3) is 0 Å². The van der Waals surface area contributed by atoms with Crippen LogP contribution in [0.4, 0.5) is 0 Å². The van der Waals surface area contributed by atoms with E-state index >= 15 is 0 Å². The summed E-state index contributed by atoms with van der Waals surface area (Å²) >= 11 is 5.23. The van der Waals surface area contributed by atoms with E-state index in [0.717, 1.165) is 20.0 Å². The van der Waals surface area contributed by atoms with E-state index in [2.05, 4.69) is 34.0 Å². The highest BCUT2D eigenvalue weighted by molar-refractivity contribution is 9.11. The van der Waals surface area contributed by atoms with E-state index in [1.165, 1.54) is 5.56 Å². The number of thiophene rings is 1. The normalized spacial score (nSPS) is 12.6. The van der Waals surface area contributed by atoms with Crippen LogP contribution in [0, 0.1) is 6.92 Å². The average Bonchev–Trinajstić information content (AvgIpc) is 3.07. The zero-order chi connectivity index (χ0) is 14.1. The molecule has 0 fully saturated rings. The van der Waals surface area contributed by atoms with Gasteiger partial charge in [-0.1, -0.05) is 18.2 Å². The van der Waals surface area contributed by atoms with Gasteiger partial charge in [0.05, 0.1) is 21.2 Å². The SMILES string of the molecule is Cc1cc(C(N)c2ccnn2-c2ccccc2)sc1Br. The Balaban J connectivity index is 2.01. The first-order valence-electron chi connectivity index (χ1n) is 6.27. The number of halogens is 1. The number of hydrogen-bond donors (Lipinski definition) is 1. The Morgan fingerprint density at radius 2 is 2.00 bits per heavy atom. The van der Waals surface area contributed by atoms with Gasteiger partial charge in [0.1, 0.15) is 0 Å². The summed E-state index contributed by atoms with van der Waals surface area (Å²) in [4.78, 5) is 1.13. The molecule has 1 aromatic carbocycles. The molecule has 0 bridgehead atoms. The van der Waals surface area contributed by atoms with Crippen LogP contribution in [0.25, 0.3) is 5.69 Å². The number of hydrogen-bond acceptors (Lipinski definition) is 3. The third-order valence-electron chi connectivity index (χ3n) is 3.17. The first-order valence-corrected chi connectivity index (χ1v) is 7.88. The van der Waals surface area contributed by atoms with Crippen LogP contribution in [-0.4, -0.2) is 9.78 Å². The number of aryl methyl sites for hydroxylation is 1. The standard InChI is InChI=1S/C15H14BrN3S/c1-10-9-13(20-15(10)16)14(17)12-7-8-18-19(12)11-5-3-2-4-6-11/h2-9,14H,17H2,1H3. The van der Waals surface area contributed by atoms with Gasteiger partial charge in [-0.2, -0.15) is 5.10 Å². The highest BCUT2D eigenvalue weighted by Gasteiger charge is 2.17. The van der Waals surface area contributed by atoms with Crippen molar-refractivity contribution < 1.29 is 0 Å². The van der Waals surface area contributed by atoms with Crippen molar-refractivity contribution in [2.45, 2.75) is 13.0 Å². The van der Waals surface area contributed by atoms with Crippen LogP contribution in [0.5, 0.6) is 0 Å². The van der Waals surface area contributed by atoms with E-state index in [1.54, 1.807) is 17.5 Å². The van der Waals surface area contributed by atoms with E-state index < -0.39 is 0 Å². The third-order valence-corrected chi connectivity index (χ3v) is 5.39. The maximum Gasteiger partial charge on any atom is 0.0822 e. The predicted molar refractivity (Wildman–Crippen MR) is 86.4 cm³/mol. The second kappa shape index (κ2) is 5.52. The molecule has 3 nitrogen and oxygen atoms in total. The Kier molecular flexibility index (Phi) is 3.74. The highest BCUT2D eigenvalue weighted by atomic mass is 79.9. The number of benzene rings is 1. The van der Waals surface area contributed by atoms with Gasteiger partial charge < -0.3 is 5.73 Å². The minimum Gasteiger partial charge on any atom is -0.318 e. The zero-order valence-electron chi connectivity index (χ0n) is 11.0. The Labute approximate surface area is 130 Å². The fraction of sp³-hybridized carbons (Fsp3) is 0.133. The zero-order valence-corrected chi connectivity index (χ0v) is 13.4. The predicted octanol–water partition coefficient (Wildman–Crippen LogP) is 4.05. The fourth-order valence-electron chi connectivity index (χ4n) is 2.12. The van der Waals surface area contributed by atoms with Crippen LogP contribution >= 0.6 is 27.3 Å². The van der Waals surface area contributed by atoms with Crippen LogP contribution in [0.1, 0.15) is 22.2 Å². The van der Waals surface area contributed by atoms with Crippen molar-refractivity contribution in [2.75, 3.05) is 0 Å². The quantitative estimate of drug-likeness (QED) is 0.776. The van der Waals surface area contributed by atoms with Crippen molar-refractivity contribution >= 4 is 27.3 Å². The minimum absolute atomic E-state index is 0.173. The van der Waals surface area contributed by atoms with Crippen molar-refractivity contribution in [1.29, 1.82) is 0 Å². The van der Waals surface area contributed by atoms with Crippen molar-refractivity contribution in [1.82, 2.24) is 9.78 Å². The Bertz CT molecular complexity index is 698. The molecule has 0 amide bonds. The van der Waals surface area contributed by atoms with Crippen LogP contribution < -0.4 is 5.73 Å². The number of aromatic nitrogens is 2. The lowest BCUT2D eigenvalue weighted by Crippen LogP contribution is -2.15. The largest absolute Gasteiger partial charge is 0.318 e. The van der Waals surface area contributed by atoms with Gasteiger partial charge in [-0.3, -0.25) is 0 Å². The lowest BCUT2D eigenvalue weighted by molar-refractivity contribution is 0.747. The summed E-state index contributed by atoms with van der Waals surface area (Å²) in [5.74, 6) is 0. The Morgan fingerprint density at radius 1 is 1.25 bits per heavy atom. The molecule has 0 saturated heterocycles. The van der Waals surface area contributed by atoms with E-state index in [4.69, 9.17) is 5.73 Å². The smallest absolute Gasteiger partial charge is 0.0822 e. The second-order valence-electron chi connectivity index (χ2n) is 4.59. The first-order chi connectivity index (χ1) is 9.66. The Morgan fingerprint density at radius 3 is 2.65 bits per heavy atom. The summed E-state index contributed by atoms with van der Waals surface area (Å²) in [7, 11) is 0. The van der Waals surface area contributed by atoms with Crippen LogP contribution in [-0.2, 0) is 0 Å². The fourth-order valence-corrected chi connectivity index (χ4v) is 3.70. The molecule has 102 valence electrons. The summed E-state index contributed by atoms with van der Waals surface area (Å²) in [6, 6.07) is 14.0. The molecule has 0 aliphatic rings. The van der Waals surface area contributed by atoms with E-state index in [-0.39, 0.29) is 6.04 Å². The van der Waals surface area contributed by atoms with E-state index in [1.807, 2.05) is 41.1 Å². The molecule has 0 aliphatic heterocycles. The van der Waals surface area contributed by atoms with Gasteiger partial charge in [0.2, 0.25) is 0 Å². The third kappa shape index (κ3) is 2.44. The van der Waals surface area contributed by atoms with Crippen LogP contribution in [0.3, 0.4) is 0 Å². The molecule has 1 unspecified atom stereocenters. The first kappa shape index (κ1) is 13.5. The molecular formula is C15H14BrN3S. The number of nitrogens with two attached hydrogens (primary N) is 1. The van der Waals surface area contributed by atoms with Gasteiger partial charge in [0.15, 0.2) is 0 Å². The lowest BCUT2D eigenvalue weighted by Gasteiger charge is -2.13. The van der Waals surface area contributed by atoms with Gasteiger partial charge >= 0.3 is 0 Å². The molecule has 0 radical (unpaired) electrons. The number of nitrogens with zero attached hydrogens (tertiary/aromatic N) is 2. The van der Waals surface area contributed by atoms with Crippen molar-refractivity contribution in [3.63, 3.8) is 0 Å². The molecule has 20 heavy (non-hydrogen) atoms. The molecular weight excluding hydrogens is 334 g/mol.